The standard InChI is InChI=1S/C16H14N2OS/c19-16(12-1-2-14-11(9-12)3-6-17-14)18-7-4-15-13(10-18)5-8-20-15/h1-3,5-6,8-9,17H,4,7,10H2. The fraction of sp³-hybridized carbons (Fsp3) is 0.188. The van der Waals surface area contributed by atoms with E-state index in [2.05, 4.69) is 16.4 Å². The number of nitrogens with zero attached hydrogens (tertiary/aromatic N) is 1. The summed E-state index contributed by atoms with van der Waals surface area (Å²) in [5.41, 5.74) is 3.15. The second-order valence-electron chi connectivity index (χ2n) is 5.13. The fourth-order valence-electron chi connectivity index (χ4n) is 2.79. The Morgan fingerprint density at radius 1 is 1.25 bits per heavy atom. The van der Waals surface area contributed by atoms with Crippen molar-refractivity contribution in [3.8, 4) is 0 Å². The van der Waals surface area contributed by atoms with Crippen LogP contribution >= 0.6 is 11.3 Å². The number of hydrogen-bond donors (Lipinski definition) is 1. The number of fused-ring (bicyclic) bond motifs is 2. The van der Waals surface area contributed by atoms with Crippen LogP contribution in [0.25, 0.3) is 10.9 Å². The number of H-pyrrole nitrogens is 1. The highest BCUT2D eigenvalue weighted by atomic mass is 32.1. The molecule has 20 heavy (non-hydrogen) atoms. The minimum atomic E-state index is 0.130. The third kappa shape index (κ3) is 1.84. The van der Waals surface area contributed by atoms with Crippen molar-refractivity contribution in [2.24, 2.45) is 0 Å². The summed E-state index contributed by atoms with van der Waals surface area (Å²) in [5.74, 6) is 0.130. The second-order valence-corrected chi connectivity index (χ2v) is 6.13. The van der Waals surface area contributed by atoms with Crippen LogP contribution in [-0.2, 0) is 13.0 Å². The van der Waals surface area contributed by atoms with Crippen molar-refractivity contribution in [2.45, 2.75) is 13.0 Å². The molecule has 1 aliphatic heterocycles. The highest BCUT2D eigenvalue weighted by molar-refractivity contribution is 7.10. The first-order chi connectivity index (χ1) is 9.81. The van der Waals surface area contributed by atoms with Crippen LogP contribution in [0.5, 0.6) is 0 Å². The molecule has 1 aromatic carbocycles. The zero-order valence-corrected chi connectivity index (χ0v) is 11.7. The van der Waals surface area contributed by atoms with Crippen LogP contribution in [-0.4, -0.2) is 22.3 Å². The van der Waals surface area contributed by atoms with Crippen molar-refractivity contribution < 1.29 is 4.79 Å². The average molecular weight is 282 g/mol. The molecule has 4 heteroatoms. The molecule has 0 saturated heterocycles. The first-order valence-electron chi connectivity index (χ1n) is 6.73. The minimum Gasteiger partial charge on any atom is -0.361 e. The molecule has 2 aromatic heterocycles. The van der Waals surface area contributed by atoms with Crippen molar-refractivity contribution in [1.29, 1.82) is 0 Å². The van der Waals surface area contributed by atoms with E-state index in [0.717, 1.165) is 36.0 Å². The summed E-state index contributed by atoms with van der Waals surface area (Å²) in [7, 11) is 0. The van der Waals surface area contributed by atoms with Gasteiger partial charge >= 0.3 is 0 Å². The first-order valence-corrected chi connectivity index (χ1v) is 7.61. The molecule has 3 nitrogen and oxygen atoms in total. The minimum absolute atomic E-state index is 0.130. The number of hydrogen-bond acceptors (Lipinski definition) is 2. The SMILES string of the molecule is O=C(c1ccc2[nH]ccc2c1)N1CCc2sccc2C1. The number of benzene rings is 1. The van der Waals surface area contributed by atoms with Crippen molar-refractivity contribution in [3.05, 3.63) is 57.9 Å². The molecule has 0 bridgehead atoms. The van der Waals surface area contributed by atoms with E-state index >= 15 is 0 Å². The predicted molar refractivity (Wildman–Crippen MR) is 81.1 cm³/mol. The molecule has 1 amide bonds. The van der Waals surface area contributed by atoms with Gasteiger partial charge in [0.2, 0.25) is 0 Å². The number of carbonyl (C=O) groups excluding carboxylic acids is 1. The van der Waals surface area contributed by atoms with E-state index in [1.807, 2.05) is 35.4 Å². The van der Waals surface area contributed by atoms with Crippen molar-refractivity contribution >= 4 is 28.1 Å². The van der Waals surface area contributed by atoms with E-state index < -0.39 is 0 Å². The van der Waals surface area contributed by atoms with Crippen molar-refractivity contribution in [2.75, 3.05) is 6.54 Å². The maximum atomic E-state index is 12.6. The molecule has 1 N–H and O–H groups in total. The molecule has 0 aliphatic carbocycles. The number of aromatic nitrogens is 1. The Labute approximate surface area is 120 Å². The smallest absolute Gasteiger partial charge is 0.254 e. The van der Waals surface area contributed by atoms with E-state index in [4.69, 9.17) is 0 Å². The van der Waals surface area contributed by atoms with Gasteiger partial charge < -0.3 is 9.88 Å². The van der Waals surface area contributed by atoms with Gasteiger partial charge in [-0.25, -0.2) is 0 Å². The summed E-state index contributed by atoms with van der Waals surface area (Å²) in [6.45, 7) is 1.56. The van der Waals surface area contributed by atoms with E-state index in [0.29, 0.717) is 0 Å². The Morgan fingerprint density at radius 2 is 2.20 bits per heavy atom. The van der Waals surface area contributed by atoms with Crippen LogP contribution < -0.4 is 0 Å². The van der Waals surface area contributed by atoms with E-state index in [9.17, 15) is 4.79 Å². The van der Waals surface area contributed by atoms with Gasteiger partial charge in [0.1, 0.15) is 0 Å². The average Bonchev–Trinajstić information content (AvgIpc) is 3.13. The molecular formula is C16H14N2OS. The normalized spacial score (nSPS) is 14.5. The summed E-state index contributed by atoms with van der Waals surface area (Å²) < 4.78 is 0. The summed E-state index contributed by atoms with van der Waals surface area (Å²) in [5, 5.41) is 3.20. The molecule has 4 rings (SSSR count). The zero-order chi connectivity index (χ0) is 13.5. The van der Waals surface area contributed by atoms with Crippen LogP contribution in [0.15, 0.2) is 41.9 Å². The van der Waals surface area contributed by atoms with Gasteiger partial charge in [-0.1, -0.05) is 0 Å². The van der Waals surface area contributed by atoms with E-state index in [1.165, 1.54) is 10.4 Å². The largest absolute Gasteiger partial charge is 0.361 e. The predicted octanol–water partition coefficient (Wildman–Crippen LogP) is 3.43. The van der Waals surface area contributed by atoms with Crippen molar-refractivity contribution in [3.63, 3.8) is 0 Å². The molecule has 0 unspecified atom stereocenters. The lowest BCUT2D eigenvalue weighted by Crippen LogP contribution is -2.35. The third-order valence-corrected chi connectivity index (χ3v) is 4.92. The van der Waals surface area contributed by atoms with Crippen molar-refractivity contribution in [1.82, 2.24) is 9.88 Å². The van der Waals surface area contributed by atoms with Gasteiger partial charge in [-0.05, 0) is 47.7 Å². The Balaban J connectivity index is 1.64. The summed E-state index contributed by atoms with van der Waals surface area (Å²) in [6.07, 6.45) is 2.88. The molecule has 0 radical (unpaired) electrons. The summed E-state index contributed by atoms with van der Waals surface area (Å²) in [6, 6.07) is 9.98. The molecular weight excluding hydrogens is 268 g/mol. The molecule has 0 spiro atoms. The maximum absolute atomic E-state index is 12.6. The van der Waals surface area contributed by atoms with Crippen LogP contribution in [0, 0.1) is 0 Å². The number of amides is 1. The summed E-state index contributed by atoms with van der Waals surface area (Å²) >= 11 is 1.80. The van der Waals surface area contributed by atoms with Gasteiger partial charge in [0, 0.05) is 40.6 Å². The molecule has 3 aromatic rings. The van der Waals surface area contributed by atoms with Crippen LogP contribution in [0.1, 0.15) is 20.8 Å². The van der Waals surface area contributed by atoms with Crippen LogP contribution in [0.2, 0.25) is 0 Å². The molecule has 0 atom stereocenters. The summed E-state index contributed by atoms with van der Waals surface area (Å²) in [4.78, 5) is 19.1. The molecule has 3 heterocycles. The number of nitrogens with one attached hydrogen (secondary N) is 1. The maximum Gasteiger partial charge on any atom is 0.254 e. The Kier molecular flexibility index (Phi) is 2.63. The van der Waals surface area contributed by atoms with Gasteiger partial charge in [0.25, 0.3) is 5.91 Å². The van der Waals surface area contributed by atoms with Gasteiger partial charge in [-0.2, -0.15) is 0 Å². The van der Waals surface area contributed by atoms with Gasteiger partial charge in [0.05, 0.1) is 0 Å². The fourth-order valence-corrected chi connectivity index (χ4v) is 3.68. The molecule has 0 fully saturated rings. The highest BCUT2D eigenvalue weighted by Gasteiger charge is 2.22. The topological polar surface area (TPSA) is 36.1 Å². The Bertz CT molecular complexity index is 786. The Hall–Kier alpha value is -2.07. The monoisotopic (exact) mass is 282 g/mol. The molecule has 100 valence electrons. The van der Waals surface area contributed by atoms with Gasteiger partial charge in [0.15, 0.2) is 0 Å². The van der Waals surface area contributed by atoms with Crippen LogP contribution in [0.4, 0.5) is 0 Å². The molecule has 1 aliphatic rings. The highest BCUT2D eigenvalue weighted by Crippen LogP contribution is 2.25. The number of thiophene rings is 1. The first kappa shape index (κ1) is 11.7. The van der Waals surface area contributed by atoms with E-state index in [-0.39, 0.29) is 5.91 Å². The zero-order valence-electron chi connectivity index (χ0n) is 10.9. The Morgan fingerprint density at radius 3 is 3.15 bits per heavy atom. The number of aromatic amines is 1. The van der Waals surface area contributed by atoms with Crippen LogP contribution in [0.3, 0.4) is 0 Å². The number of rotatable bonds is 1. The molecule has 0 saturated carbocycles. The lowest BCUT2D eigenvalue weighted by Gasteiger charge is -2.27. The second kappa shape index (κ2) is 4.49. The lowest BCUT2D eigenvalue weighted by atomic mass is 10.1. The lowest BCUT2D eigenvalue weighted by molar-refractivity contribution is 0.0736. The van der Waals surface area contributed by atoms with Gasteiger partial charge in [-0.15, -0.1) is 11.3 Å². The third-order valence-electron chi connectivity index (χ3n) is 3.90. The van der Waals surface area contributed by atoms with Gasteiger partial charge in [-0.3, -0.25) is 4.79 Å². The number of carbonyl (C=O) groups is 1. The quantitative estimate of drug-likeness (QED) is 0.729. The van der Waals surface area contributed by atoms with E-state index in [1.54, 1.807) is 11.3 Å².